The quantitative estimate of drug-likeness (QED) is 0.769. The molecule has 3 N–H and O–H groups in total. The molecule has 1 unspecified atom stereocenters. The predicted octanol–water partition coefficient (Wildman–Crippen LogP) is 4.21. The van der Waals surface area contributed by atoms with Crippen molar-refractivity contribution >= 4 is 34.5 Å². The van der Waals surface area contributed by atoms with Crippen molar-refractivity contribution in [1.82, 2.24) is 0 Å². The van der Waals surface area contributed by atoms with Gasteiger partial charge in [0.2, 0.25) is 0 Å². The van der Waals surface area contributed by atoms with E-state index < -0.39 is 0 Å². The molecule has 1 aromatic rings. The van der Waals surface area contributed by atoms with Gasteiger partial charge in [0.05, 0.1) is 0 Å². The van der Waals surface area contributed by atoms with Crippen LogP contribution in [0, 0.1) is 5.92 Å². The average molecular weight is 285 g/mol. The molecule has 100 valence electrons. The molecule has 18 heavy (non-hydrogen) atoms. The summed E-state index contributed by atoms with van der Waals surface area (Å²) in [6.45, 7) is 6.62. The second kappa shape index (κ2) is 6.95. The maximum atomic E-state index is 6.01. The highest BCUT2D eigenvalue weighted by Gasteiger charge is 2.09. The number of thiocarbonyl (C=S) groups is 1. The normalized spacial score (nSPS) is 12.5. The lowest BCUT2D eigenvalue weighted by molar-refractivity contribution is 0.527. The number of nitrogens with two attached hydrogens (primary N) is 1. The van der Waals surface area contributed by atoms with E-state index in [2.05, 4.69) is 26.1 Å². The number of hydrogen-bond donors (Lipinski definition) is 2. The minimum Gasteiger partial charge on any atom is -0.389 e. The minimum atomic E-state index is 0.374. The second-order valence-electron chi connectivity index (χ2n) is 5.07. The van der Waals surface area contributed by atoms with Gasteiger partial charge in [-0.3, -0.25) is 0 Å². The molecule has 0 aliphatic carbocycles. The van der Waals surface area contributed by atoms with E-state index in [1.165, 1.54) is 6.42 Å². The van der Waals surface area contributed by atoms with Crippen molar-refractivity contribution in [3.05, 3.63) is 28.8 Å². The zero-order valence-corrected chi connectivity index (χ0v) is 12.7. The molecule has 0 aliphatic heterocycles. The van der Waals surface area contributed by atoms with Gasteiger partial charge in [0.25, 0.3) is 0 Å². The topological polar surface area (TPSA) is 38.0 Å². The third kappa shape index (κ3) is 4.83. The van der Waals surface area contributed by atoms with Gasteiger partial charge in [-0.05, 0) is 43.9 Å². The molecule has 1 rings (SSSR count). The molecule has 0 saturated heterocycles. The fourth-order valence-electron chi connectivity index (χ4n) is 1.77. The van der Waals surface area contributed by atoms with E-state index in [1.54, 1.807) is 6.07 Å². The van der Waals surface area contributed by atoms with Crippen LogP contribution in [0.1, 0.15) is 39.2 Å². The summed E-state index contributed by atoms with van der Waals surface area (Å²) in [5.41, 5.74) is 7.49. The Morgan fingerprint density at radius 1 is 1.33 bits per heavy atom. The highest BCUT2D eigenvalue weighted by Crippen LogP contribution is 2.23. The average Bonchev–Trinajstić information content (AvgIpc) is 2.26. The molecule has 4 heteroatoms. The lowest BCUT2D eigenvalue weighted by Gasteiger charge is -2.19. The fourth-order valence-corrected chi connectivity index (χ4v) is 2.12. The fraction of sp³-hybridized carbons (Fsp3) is 0.500. The highest BCUT2D eigenvalue weighted by atomic mass is 35.5. The van der Waals surface area contributed by atoms with Gasteiger partial charge in [-0.2, -0.15) is 0 Å². The molecular formula is C14H21ClN2S. The van der Waals surface area contributed by atoms with Crippen LogP contribution in [0.4, 0.5) is 5.69 Å². The molecule has 0 radical (unpaired) electrons. The molecule has 2 nitrogen and oxygen atoms in total. The standard InChI is InChI=1S/C14H21ClN2S/c1-9(2)4-5-10(3)17-13-8-11(15)6-7-12(13)14(16)18/h6-10,17H,4-5H2,1-3H3,(H2,16,18). The number of benzene rings is 1. The Labute approximate surface area is 120 Å². The van der Waals surface area contributed by atoms with Crippen LogP contribution in [0.2, 0.25) is 5.02 Å². The first-order valence-electron chi connectivity index (χ1n) is 6.26. The third-order valence-electron chi connectivity index (χ3n) is 2.83. The molecule has 0 spiro atoms. The second-order valence-corrected chi connectivity index (χ2v) is 5.95. The Morgan fingerprint density at radius 2 is 2.00 bits per heavy atom. The van der Waals surface area contributed by atoms with Crippen molar-refractivity contribution in [2.45, 2.75) is 39.7 Å². The first-order chi connectivity index (χ1) is 8.40. The van der Waals surface area contributed by atoms with E-state index in [1.807, 2.05) is 12.1 Å². The van der Waals surface area contributed by atoms with Crippen LogP contribution in [0.25, 0.3) is 0 Å². The van der Waals surface area contributed by atoms with E-state index >= 15 is 0 Å². The van der Waals surface area contributed by atoms with Gasteiger partial charge in [-0.25, -0.2) is 0 Å². The van der Waals surface area contributed by atoms with Gasteiger partial charge in [0, 0.05) is 22.3 Å². The van der Waals surface area contributed by atoms with Gasteiger partial charge >= 0.3 is 0 Å². The molecule has 0 aromatic heterocycles. The van der Waals surface area contributed by atoms with Crippen molar-refractivity contribution in [3.8, 4) is 0 Å². The van der Waals surface area contributed by atoms with E-state index in [4.69, 9.17) is 29.6 Å². The van der Waals surface area contributed by atoms with Crippen LogP contribution in [0.3, 0.4) is 0 Å². The predicted molar refractivity (Wildman–Crippen MR) is 84.5 cm³/mol. The van der Waals surface area contributed by atoms with Crippen LogP contribution in [-0.4, -0.2) is 11.0 Å². The summed E-state index contributed by atoms with van der Waals surface area (Å²) in [7, 11) is 0. The first-order valence-corrected chi connectivity index (χ1v) is 7.04. The summed E-state index contributed by atoms with van der Waals surface area (Å²) in [4.78, 5) is 0.394. The summed E-state index contributed by atoms with van der Waals surface area (Å²) in [5.74, 6) is 0.712. The Hall–Kier alpha value is -0.800. The van der Waals surface area contributed by atoms with Crippen molar-refractivity contribution in [3.63, 3.8) is 0 Å². The van der Waals surface area contributed by atoms with E-state index in [0.29, 0.717) is 22.0 Å². The van der Waals surface area contributed by atoms with Crippen LogP contribution in [-0.2, 0) is 0 Å². The SMILES string of the molecule is CC(C)CCC(C)Nc1cc(Cl)ccc1C(N)=S. The Balaban J connectivity index is 2.76. The molecule has 0 amide bonds. The zero-order valence-electron chi connectivity index (χ0n) is 11.2. The first kappa shape index (κ1) is 15.3. The minimum absolute atomic E-state index is 0.374. The number of anilines is 1. The number of halogens is 1. The van der Waals surface area contributed by atoms with Gasteiger partial charge in [-0.1, -0.05) is 37.7 Å². The maximum Gasteiger partial charge on any atom is 0.106 e. The molecule has 0 saturated carbocycles. The highest BCUT2D eigenvalue weighted by molar-refractivity contribution is 7.80. The van der Waals surface area contributed by atoms with E-state index in [-0.39, 0.29) is 0 Å². The van der Waals surface area contributed by atoms with Gasteiger partial charge in [0.1, 0.15) is 4.99 Å². The van der Waals surface area contributed by atoms with Crippen molar-refractivity contribution in [1.29, 1.82) is 0 Å². The van der Waals surface area contributed by atoms with Crippen molar-refractivity contribution in [2.24, 2.45) is 11.7 Å². The summed E-state index contributed by atoms with van der Waals surface area (Å²) in [5, 5.41) is 4.12. The maximum absolute atomic E-state index is 6.01. The lowest BCUT2D eigenvalue weighted by Crippen LogP contribution is -2.19. The lowest BCUT2D eigenvalue weighted by atomic mass is 10.0. The summed E-state index contributed by atoms with van der Waals surface area (Å²) in [6.07, 6.45) is 2.30. The molecular weight excluding hydrogens is 264 g/mol. The van der Waals surface area contributed by atoms with Crippen molar-refractivity contribution < 1.29 is 0 Å². The van der Waals surface area contributed by atoms with Crippen LogP contribution < -0.4 is 11.1 Å². The van der Waals surface area contributed by atoms with E-state index in [0.717, 1.165) is 17.7 Å². The van der Waals surface area contributed by atoms with Gasteiger partial charge in [-0.15, -0.1) is 0 Å². The Kier molecular flexibility index (Phi) is 5.89. The van der Waals surface area contributed by atoms with Crippen molar-refractivity contribution in [2.75, 3.05) is 5.32 Å². The molecule has 0 heterocycles. The zero-order chi connectivity index (χ0) is 13.7. The molecule has 1 aromatic carbocycles. The molecule has 0 bridgehead atoms. The summed E-state index contributed by atoms with van der Waals surface area (Å²) >= 11 is 11.1. The van der Waals surface area contributed by atoms with Crippen LogP contribution in [0.5, 0.6) is 0 Å². The summed E-state index contributed by atoms with van der Waals surface area (Å²) in [6, 6.07) is 5.92. The van der Waals surface area contributed by atoms with Crippen LogP contribution >= 0.6 is 23.8 Å². The molecule has 0 fully saturated rings. The number of hydrogen-bond acceptors (Lipinski definition) is 2. The largest absolute Gasteiger partial charge is 0.389 e. The number of nitrogens with one attached hydrogen (secondary N) is 1. The van der Waals surface area contributed by atoms with Gasteiger partial charge < -0.3 is 11.1 Å². The van der Waals surface area contributed by atoms with Crippen LogP contribution in [0.15, 0.2) is 18.2 Å². The Bertz CT molecular complexity index is 418. The summed E-state index contributed by atoms with van der Waals surface area (Å²) < 4.78 is 0. The molecule has 0 aliphatic rings. The van der Waals surface area contributed by atoms with Gasteiger partial charge in [0.15, 0.2) is 0 Å². The molecule has 1 atom stereocenters. The smallest absolute Gasteiger partial charge is 0.106 e. The Morgan fingerprint density at radius 3 is 2.56 bits per heavy atom. The third-order valence-corrected chi connectivity index (χ3v) is 3.28. The van der Waals surface area contributed by atoms with E-state index in [9.17, 15) is 0 Å². The monoisotopic (exact) mass is 284 g/mol. The number of rotatable bonds is 6.